The van der Waals surface area contributed by atoms with Crippen LogP contribution in [-0.2, 0) is 9.59 Å². The number of carbonyl (C=O) groups excluding carboxylic acids is 1. The van der Waals surface area contributed by atoms with Gasteiger partial charge in [0.1, 0.15) is 11.1 Å². The zero-order chi connectivity index (χ0) is 14.3. The van der Waals surface area contributed by atoms with Crippen LogP contribution < -0.4 is 0 Å². The van der Waals surface area contributed by atoms with Crippen LogP contribution in [0.2, 0.25) is 0 Å². The maximum Gasteiger partial charge on any atom is 0.326 e. The Hall–Kier alpha value is -1.21. The summed E-state index contributed by atoms with van der Waals surface area (Å²) in [7, 11) is 4.55. The van der Waals surface area contributed by atoms with Gasteiger partial charge >= 0.3 is 5.97 Å². The van der Waals surface area contributed by atoms with Crippen molar-refractivity contribution in [3.05, 3.63) is 24.4 Å². The van der Waals surface area contributed by atoms with E-state index in [2.05, 4.69) is 4.98 Å². The number of amides is 1. The fourth-order valence-electron chi connectivity index (χ4n) is 1.19. The van der Waals surface area contributed by atoms with Gasteiger partial charge in [-0.2, -0.15) is 0 Å². The van der Waals surface area contributed by atoms with Gasteiger partial charge < -0.3 is 10.0 Å². The zero-order valence-corrected chi connectivity index (χ0v) is 12.4. The highest BCUT2D eigenvalue weighted by atomic mass is 33.1. The van der Waals surface area contributed by atoms with Crippen molar-refractivity contribution in [3.8, 4) is 0 Å². The van der Waals surface area contributed by atoms with Gasteiger partial charge in [0.2, 0.25) is 5.91 Å². The minimum atomic E-state index is -0.994. The number of aromatic nitrogens is 1. The van der Waals surface area contributed by atoms with Crippen molar-refractivity contribution in [1.82, 2.24) is 9.88 Å². The summed E-state index contributed by atoms with van der Waals surface area (Å²) in [5.41, 5.74) is 0. The Bertz CT molecular complexity index is 428. The summed E-state index contributed by atoms with van der Waals surface area (Å²) in [5, 5.41) is 9.71. The van der Waals surface area contributed by atoms with E-state index in [1.165, 1.54) is 40.5 Å². The highest BCUT2D eigenvalue weighted by Crippen LogP contribution is 2.29. The Balaban J connectivity index is 2.26. The maximum atomic E-state index is 11.7. The minimum absolute atomic E-state index is 0.163. The van der Waals surface area contributed by atoms with Crippen LogP contribution in [0.1, 0.15) is 13.3 Å². The Morgan fingerprint density at radius 2 is 2.21 bits per heavy atom. The first-order chi connectivity index (χ1) is 9.02. The number of carbonyl (C=O) groups is 2. The van der Waals surface area contributed by atoms with E-state index in [-0.39, 0.29) is 5.91 Å². The lowest BCUT2D eigenvalue weighted by Crippen LogP contribution is -2.40. The van der Waals surface area contributed by atoms with Crippen LogP contribution in [0.15, 0.2) is 29.4 Å². The molecule has 0 aromatic carbocycles. The second-order valence-corrected chi connectivity index (χ2v) is 6.28. The predicted molar refractivity (Wildman–Crippen MR) is 77.0 cm³/mol. The number of hydrogen-bond acceptors (Lipinski definition) is 5. The molecule has 1 heterocycles. The van der Waals surface area contributed by atoms with Crippen molar-refractivity contribution >= 4 is 33.5 Å². The lowest BCUT2D eigenvalue weighted by atomic mass is 10.3. The van der Waals surface area contributed by atoms with Crippen molar-refractivity contribution in [2.45, 2.75) is 24.4 Å². The Labute approximate surface area is 120 Å². The average molecular weight is 300 g/mol. The maximum absolute atomic E-state index is 11.7. The molecule has 0 bridgehead atoms. The molecule has 1 atom stereocenters. The van der Waals surface area contributed by atoms with E-state index in [4.69, 9.17) is 5.11 Å². The summed E-state index contributed by atoms with van der Waals surface area (Å²) in [4.78, 5) is 27.9. The molecule has 1 rings (SSSR count). The average Bonchev–Trinajstić information content (AvgIpc) is 2.42. The fourth-order valence-corrected chi connectivity index (χ4v) is 3.04. The molecule has 104 valence electrons. The largest absolute Gasteiger partial charge is 0.480 e. The minimum Gasteiger partial charge on any atom is -0.480 e. The number of carboxylic acid groups (broad SMARTS) is 1. The normalized spacial score (nSPS) is 11.9. The van der Waals surface area contributed by atoms with E-state index in [1.54, 1.807) is 6.20 Å². The molecular formula is C12H16N2O3S2. The highest BCUT2D eigenvalue weighted by Gasteiger charge is 2.20. The second-order valence-electron chi connectivity index (χ2n) is 3.84. The van der Waals surface area contributed by atoms with E-state index in [1.807, 2.05) is 18.2 Å². The first-order valence-electron chi connectivity index (χ1n) is 5.71. The van der Waals surface area contributed by atoms with Crippen molar-refractivity contribution in [1.29, 1.82) is 0 Å². The lowest BCUT2D eigenvalue weighted by Gasteiger charge is -2.21. The number of rotatable bonds is 7. The summed E-state index contributed by atoms with van der Waals surface area (Å²) < 4.78 is 0. The first kappa shape index (κ1) is 15.8. The number of aliphatic carboxylic acids is 1. The molecule has 0 aliphatic heterocycles. The standard InChI is InChI=1S/C12H16N2O3S2/c1-9(12(16)17)14(2)11(15)6-8-18-19-10-5-3-4-7-13-10/h3-5,7,9H,6,8H2,1-2H3,(H,16,17)/t9-/m1/s1. The molecule has 0 fully saturated rings. The van der Waals surface area contributed by atoms with Crippen molar-refractivity contribution < 1.29 is 14.7 Å². The van der Waals surface area contributed by atoms with E-state index in [9.17, 15) is 9.59 Å². The molecule has 1 aromatic heterocycles. The number of carboxylic acids is 1. The van der Waals surface area contributed by atoms with Crippen LogP contribution in [0.3, 0.4) is 0 Å². The van der Waals surface area contributed by atoms with Gasteiger partial charge in [-0.1, -0.05) is 16.9 Å². The Kier molecular flexibility index (Phi) is 6.72. The number of hydrogen-bond donors (Lipinski definition) is 1. The van der Waals surface area contributed by atoms with Crippen molar-refractivity contribution in [3.63, 3.8) is 0 Å². The van der Waals surface area contributed by atoms with E-state index >= 15 is 0 Å². The molecule has 0 saturated heterocycles. The number of likely N-dealkylation sites (N-methyl/N-ethyl adjacent to an activating group) is 1. The van der Waals surface area contributed by atoms with Crippen LogP contribution in [0.5, 0.6) is 0 Å². The third kappa shape index (κ3) is 5.52. The summed E-state index contributed by atoms with van der Waals surface area (Å²) in [5.74, 6) is -0.535. The third-order valence-electron chi connectivity index (χ3n) is 2.51. The molecule has 0 spiro atoms. The fraction of sp³-hybridized carbons (Fsp3) is 0.417. The van der Waals surface area contributed by atoms with E-state index in [0.29, 0.717) is 12.2 Å². The molecule has 0 radical (unpaired) electrons. The van der Waals surface area contributed by atoms with Gasteiger partial charge in [-0.3, -0.25) is 4.79 Å². The molecule has 1 aromatic rings. The van der Waals surface area contributed by atoms with Gasteiger partial charge in [0.15, 0.2) is 0 Å². The molecule has 1 amide bonds. The molecule has 0 aliphatic rings. The number of pyridine rings is 1. The molecular weight excluding hydrogens is 284 g/mol. The van der Waals surface area contributed by atoms with Gasteiger partial charge in [-0.15, -0.1) is 0 Å². The summed E-state index contributed by atoms with van der Waals surface area (Å²) in [6.07, 6.45) is 2.04. The van der Waals surface area contributed by atoms with Crippen molar-refractivity contribution in [2.24, 2.45) is 0 Å². The molecule has 7 heteroatoms. The van der Waals surface area contributed by atoms with Crippen LogP contribution in [0, 0.1) is 0 Å². The second kappa shape index (κ2) is 8.06. The Morgan fingerprint density at radius 1 is 1.47 bits per heavy atom. The SMILES string of the molecule is C[C@H](C(=O)O)N(C)C(=O)CCSSc1ccccn1. The van der Waals surface area contributed by atoms with Crippen LogP contribution in [0.4, 0.5) is 0 Å². The molecule has 0 unspecified atom stereocenters. The van der Waals surface area contributed by atoms with E-state index < -0.39 is 12.0 Å². The summed E-state index contributed by atoms with van der Waals surface area (Å²) >= 11 is 0. The van der Waals surface area contributed by atoms with Gasteiger partial charge in [-0.25, -0.2) is 9.78 Å². The third-order valence-corrected chi connectivity index (χ3v) is 4.78. The summed E-state index contributed by atoms with van der Waals surface area (Å²) in [6, 6.07) is 4.86. The molecule has 5 nitrogen and oxygen atoms in total. The van der Waals surface area contributed by atoms with Crippen molar-refractivity contribution in [2.75, 3.05) is 12.8 Å². The van der Waals surface area contributed by atoms with Crippen LogP contribution in [-0.4, -0.2) is 45.7 Å². The van der Waals surface area contributed by atoms with Gasteiger partial charge in [-0.05, 0) is 29.9 Å². The molecule has 1 N–H and O–H groups in total. The molecule has 0 aliphatic carbocycles. The van der Waals surface area contributed by atoms with Gasteiger partial charge in [0.25, 0.3) is 0 Å². The molecule has 0 saturated carbocycles. The van der Waals surface area contributed by atoms with Crippen LogP contribution in [0.25, 0.3) is 0 Å². The topological polar surface area (TPSA) is 70.5 Å². The quantitative estimate of drug-likeness (QED) is 0.614. The highest BCUT2D eigenvalue weighted by molar-refractivity contribution is 8.76. The Morgan fingerprint density at radius 3 is 2.79 bits per heavy atom. The van der Waals surface area contributed by atoms with Gasteiger partial charge in [0, 0.05) is 25.4 Å². The first-order valence-corrected chi connectivity index (χ1v) is 8.03. The lowest BCUT2D eigenvalue weighted by molar-refractivity contribution is -0.148. The van der Waals surface area contributed by atoms with Gasteiger partial charge in [0.05, 0.1) is 0 Å². The smallest absolute Gasteiger partial charge is 0.326 e. The van der Waals surface area contributed by atoms with E-state index in [0.717, 1.165) is 5.03 Å². The predicted octanol–water partition coefficient (Wildman–Crippen LogP) is 2.14. The summed E-state index contributed by atoms with van der Waals surface area (Å²) in [6.45, 7) is 1.50. The number of nitrogens with zero attached hydrogens (tertiary/aromatic N) is 2. The molecule has 19 heavy (non-hydrogen) atoms. The monoisotopic (exact) mass is 300 g/mol. The van der Waals surface area contributed by atoms with Crippen LogP contribution >= 0.6 is 21.6 Å². The zero-order valence-electron chi connectivity index (χ0n) is 10.8.